The predicted octanol–water partition coefficient (Wildman–Crippen LogP) is 3.61. The summed E-state index contributed by atoms with van der Waals surface area (Å²) in [5, 5.41) is 17.6. The maximum absolute atomic E-state index is 12.3. The number of rotatable bonds is 5. The molecule has 0 saturated carbocycles. The summed E-state index contributed by atoms with van der Waals surface area (Å²) < 4.78 is 47.0. The van der Waals surface area contributed by atoms with E-state index in [4.69, 9.17) is 4.52 Å². The van der Waals surface area contributed by atoms with Crippen LogP contribution in [0.2, 0.25) is 0 Å². The molecule has 8 nitrogen and oxygen atoms in total. The van der Waals surface area contributed by atoms with E-state index in [1.54, 1.807) is 12.1 Å². The summed E-state index contributed by atoms with van der Waals surface area (Å²) in [5.41, 5.74) is 0.930. The van der Waals surface area contributed by atoms with E-state index >= 15 is 0 Å². The van der Waals surface area contributed by atoms with Crippen molar-refractivity contribution in [1.82, 2.24) is 19.9 Å². The highest BCUT2D eigenvalue weighted by atomic mass is 19.4. The molecule has 2 heterocycles. The maximum atomic E-state index is 12.3. The maximum Gasteiger partial charge on any atom is 0.573 e. The molecule has 2 aromatic carbocycles. The number of halogens is 3. The van der Waals surface area contributed by atoms with Crippen molar-refractivity contribution in [3.63, 3.8) is 0 Å². The molecular weight excluding hydrogens is 417 g/mol. The molecule has 0 atom stereocenters. The van der Waals surface area contributed by atoms with Gasteiger partial charge in [0.25, 0.3) is 11.4 Å². The molecule has 1 N–H and O–H groups in total. The number of nitrogens with zero attached hydrogens (tertiary/aromatic N) is 4. The van der Waals surface area contributed by atoms with Gasteiger partial charge >= 0.3 is 6.36 Å². The average molecular weight is 430 g/mol. The van der Waals surface area contributed by atoms with Crippen molar-refractivity contribution in [3.05, 3.63) is 76.6 Å². The monoisotopic (exact) mass is 430 g/mol. The van der Waals surface area contributed by atoms with Crippen molar-refractivity contribution in [2.75, 3.05) is 0 Å². The Bertz CT molecular complexity index is 1270. The first kappa shape index (κ1) is 20.1. The van der Waals surface area contributed by atoms with E-state index in [0.717, 1.165) is 12.1 Å². The molecule has 0 saturated heterocycles. The lowest BCUT2D eigenvalue weighted by molar-refractivity contribution is -0.274. The van der Waals surface area contributed by atoms with Crippen LogP contribution in [0, 0.1) is 0 Å². The first-order valence-corrected chi connectivity index (χ1v) is 8.83. The van der Waals surface area contributed by atoms with Crippen molar-refractivity contribution in [2.24, 2.45) is 0 Å². The zero-order valence-corrected chi connectivity index (χ0v) is 15.6. The molecule has 11 heteroatoms. The number of aromatic hydroxyl groups is 1. The van der Waals surface area contributed by atoms with Crippen molar-refractivity contribution in [3.8, 4) is 34.5 Å². The normalized spacial score (nSPS) is 11.5. The van der Waals surface area contributed by atoms with Gasteiger partial charge in [0.15, 0.2) is 0 Å². The summed E-state index contributed by atoms with van der Waals surface area (Å²) in [6.07, 6.45) is -4.78. The molecule has 0 aliphatic rings. The third-order valence-electron chi connectivity index (χ3n) is 4.10. The third-order valence-corrected chi connectivity index (χ3v) is 4.10. The summed E-state index contributed by atoms with van der Waals surface area (Å²) in [6.45, 7) is 0.114. The summed E-state index contributed by atoms with van der Waals surface area (Å²) >= 11 is 0. The highest BCUT2D eigenvalue weighted by molar-refractivity contribution is 5.58. The molecule has 0 bridgehead atoms. The number of benzene rings is 2. The molecule has 0 aliphatic heterocycles. The Labute approximate surface area is 172 Å². The van der Waals surface area contributed by atoms with Crippen molar-refractivity contribution >= 4 is 0 Å². The van der Waals surface area contributed by atoms with Gasteiger partial charge in [-0.2, -0.15) is 10.1 Å². The standard InChI is InChI=1S/C20H13F3N4O4/c21-20(22,23)30-15-6-4-13(5-7-15)18-24-19(31-26-18)16-8-9-17(29)27(25-16)11-12-2-1-3-14(28)10-12/h1-10,28H,11H2. The lowest BCUT2D eigenvalue weighted by Gasteiger charge is -2.08. The quantitative estimate of drug-likeness (QED) is 0.516. The van der Waals surface area contributed by atoms with Crippen LogP contribution in [-0.4, -0.2) is 31.4 Å². The number of ether oxygens (including phenoxy) is 1. The van der Waals surface area contributed by atoms with Crippen LogP contribution in [0.1, 0.15) is 5.56 Å². The van der Waals surface area contributed by atoms with Crippen molar-refractivity contribution < 1.29 is 27.5 Å². The molecule has 0 aliphatic carbocycles. The Hall–Kier alpha value is -4.15. The van der Waals surface area contributed by atoms with Gasteiger partial charge in [0, 0.05) is 11.6 Å². The van der Waals surface area contributed by atoms with Gasteiger partial charge in [0.05, 0.1) is 6.54 Å². The molecule has 0 fully saturated rings. The molecule has 158 valence electrons. The number of alkyl halides is 3. The number of aromatic nitrogens is 4. The number of phenolic OH excluding ortho intramolecular Hbond substituents is 1. The number of phenols is 1. The van der Waals surface area contributed by atoms with Gasteiger partial charge in [-0.25, -0.2) is 4.68 Å². The summed E-state index contributed by atoms with van der Waals surface area (Å²) in [5.74, 6) is -0.160. The SMILES string of the molecule is O=c1ccc(-c2nc(-c3ccc(OC(F)(F)F)cc3)no2)nn1Cc1cccc(O)c1. The van der Waals surface area contributed by atoms with E-state index in [0.29, 0.717) is 11.1 Å². The van der Waals surface area contributed by atoms with Crippen LogP contribution in [0.4, 0.5) is 13.2 Å². The Morgan fingerprint density at radius 2 is 1.84 bits per heavy atom. The second-order valence-electron chi connectivity index (χ2n) is 6.38. The second-order valence-corrected chi connectivity index (χ2v) is 6.38. The highest BCUT2D eigenvalue weighted by Crippen LogP contribution is 2.26. The molecule has 0 amide bonds. The minimum atomic E-state index is -4.78. The Kier molecular flexibility index (Phi) is 5.15. The summed E-state index contributed by atoms with van der Waals surface area (Å²) in [4.78, 5) is 16.3. The van der Waals surface area contributed by atoms with Gasteiger partial charge in [-0.3, -0.25) is 4.79 Å². The first-order valence-electron chi connectivity index (χ1n) is 8.83. The van der Waals surface area contributed by atoms with E-state index in [-0.39, 0.29) is 41.0 Å². The van der Waals surface area contributed by atoms with Crippen LogP contribution in [0.25, 0.3) is 23.0 Å². The van der Waals surface area contributed by atoms with Crippen molar-refractivity contribution in [1.29, 1.82) is 0 Å². The van der Waals surface area contributed by atoms with Crippen LogP contribution in [0.5, 0.6) is 11.5 Å². The second kappa shape index (κ2) is 7.94. The lowest BCUT2D eigenvalue weighted by atomic mass is 10.2. The van der Waals surface area contributed by atoms with E-state index in [1.165, 1.54) is 41.1 Å². The van der Waals surface area contributed by atoms with Crippen molar-refractivity contribution in [2.45, 2.75) is 12.9 Å². The molecule has 2 aromatic heterocycles. The van der Waals surface area contributed by atoms with E-state index in [1.807, 2.05) is 0 Å². The molecule has 0 radical (unpaired) electrons. The summed E-state index contributed by atoms with van der Waals surface area (Å²) in [7, 11) is 0. The Balaban J connectivity index is 1.57. The number of hydrogen-bond donors (Lipinski definition) is 1. The lowest BCUT2D eigenvalue weighted by Crippen LogP contribution is -2.22. The van der Waals surface area contributed by atoms with Crippen LogP contribution in [0.3, 0.4) is 0 Å². The van der Waals surface area contributed by atoms with Gasteiger partial charge in [0.1, 0.15) is 17.2 Å². The largest absolute Gasteiger partial charge is 0.573 e. The van der Waals surface area contributed by atoms with E-state index in [2.05, 4.69) is 20.0 Å². The smallest absolute Gasteiger partial charge is 0.508 e. The van der Waals surface area contributed by atoms with E-state index < -0.39 is 6.36 Å². The van der Waals surface area contributed by atoms with Gasteiger partial charge in [0.2, 0.25) is 5.82 Å². The molecule has 0 unspecified atom stereocenters. The van der Waals surface area contributed by atoms with Gasteiger partial charge < -0.3 is 14.4 Å². The summed E-state index contributed by atoms with van der Waals surface area (Å²) in [6, 6.07) is 14.1. The highest BCUT2D eigenvalue weighted by Gasteiger charge is 2.31. The van der Waals surface area contributed by atoms with Gasteiger partial charge in [-0.05, 0) is 48.0 Å². The topological polar surface area (TPSA) is 103 Å². The fourth-order valence-electron chi connectivity index (χ4n) is 2.75. The zero-order valence-electron chi connectivity index (χ0n) is 15.6. The number of hydrogen-bond acceptors (Lipinski definition) is 7. The first-order chi connectivity index (χ1) is 14.8. The van der Waals surface area contributed by atoms with Gasteiger partial charge in [-0.1, -0.05) is 17.3 Å². The molecule has 4 aromatic rings. The van der Waals surface area contributed by atoms with Crippen LogP contribution >= 0.6 is 0 Å². The third kappa shape index (κ3) is 4.89. The Morgan fingerprint density at radius 3 is 2.55 bits per heavy atom. The van der Waals surface area contributed by atoms with Crippen LogP contribution in [0.15, 0.2) is 70.0 Å². The molecule has 0 spiro atoms. The fraction of sp³-hybridized carbons (Fsp3) is 0.100. The van der Waals surface area contributed by atoms with Crippen LogP contribution < -0.4 is 10.3 Å². The van der Waals surface area contributed by atoms with E-state index in [9.17, 15) is 23.1 Å². The van der Waals surface area contributed by atoms with Gasteiger partial charge in [-0.15, -0.1) is 13.2 Å². The molecule has 4 rings (SSSR count). The Morgan fingerprint density at radius 1 is 1.06 bits per heavy atom. The molecule has 31 heavy (non-hydrogen) atoms. The minimum absolute atomic E-state index is 0.0234. The minimum Gasteiger partial charge on any atom is -0.508 e. The molecular formula is C20H13F3N4O4. The van der Waals surface area contributed by atoms with Crippen LogP contribution in [-0.2, 0) is 6.54 Å². The fourth-order valence-corrected chi connectivity index (χ4v) is 2.75. The predicted molar refractivity (Wildman–Crippen MR) is 101 cm³/mol. The average Bonchev–Trinajstić information content (AvgIpc) is 3.19. The zero-order chi connectivity index (χ0) is 22.0.